The Kier molecular flexibility index (Phi) is 5.13. The zero-order chi connectivity index (χ0) is 15.7. The Morgan fingerprint density at radius 1 is 1.29 bits per heavy atom. The average molecular weight is 332 g/mol. The molecule has 0 amide bonds. The maximum atomic E-state index is 12.7. The Morgan fingerprint density at radius 2 is 1.86 bits per heavy atom. The molecule has 1 aromatic rings. The monoisotopic (exact) mass is 331 g/mol. The van der Waals surface area contributed by atoms with Gasteiger partial charge in [0.1, 0.15) is 4.21 Å². The number of rotatable bonds is 5. The van der Waals surface area contributed by atoms with E-state index in [1.165, 1.54) is 11.3 Å². The Morgan fingerprint density at radius 3 is 2.29 bits per heavy atom. The molecule has 2 rings (SSSR count). The molecule has 6 heteroatoms. The lowest BCUT2D eigenvalue weighted by Crippen LogP contribution is -2.42. The lowest BCUT2D eigenvalue weighted by molar-refractivity contribution is 0.142. The molecule has 0 atom stereocenters. The van der Waals surface area contributed by atoms with Crippen LogP contribution in [0.4, 0.5) is 0 Å². The van der Waals surface area contributed by atoms with Crippen LogP contribution in [0.25, 0.3) is 0 Å². The molecule has 0 radical (unpaired) electrons. The normalized spacial score (nSPS) is 19.8. The van der Waals surface area contributed by atoms with Gasteiger partial charge in [-0.05, 0) is 36.8 Å². The zero-order valence-corrected chi connectivity index (χ0v) is 14.7. The van der Waals surface area contributed by atoms with Crippen molar-refractivity contribution in [2.24, 2.45) is 5.41 Å². The van der Waals surface area contributed by atoms with E-state index in [9.17, 15) is 13.5 Å². The molecule has 2 heterocycles. The number of hydrogen-bond acceptors (Lipinski definition) is 4. The van der Waals surface area contributed by atoms with Crippen LogP contribution in [0, 0.1) is 12.3 Å². The minimum absolute atomic E-state index is 0.0964. The molecule has 21 heavy (non-hydrogen) atoms. The average Bonchev–Trinajstić information content (AvgIpc) is 2.89. The highest BCUT2D eigenvalue weighted by Crippen LogP contribution is 2.40. The van der Waals surface area contributed by atoms with E-state index in [-0.39, 0.29) is 6.61 Å². The maximum Gasteiger partial charge on any atom is 0.252 e. The number of sulfonamides is 1. The molecule has 4 nitrogen and oxygen atoms in total. The van der Waals surface area contributed by atoms with Gasteiger partial charge in [0.25, 0.3) is 10.0 Å². The summed E-state index contributed by atoms with van der Waals surface area (Å²) in [4.78, 5) is 0.738. The number of aryl methyl sites for hydroxylation is 1. The van der Waals surface area contributed by atoms with Crippen LogP contribution in [-0.2, 0) is 16.6 Å². The molecule has 0 aliphatic carbocycles. The van der Waals surface area contributed by atoms with Crippen molar-refractivity contribution in [1.82, 2.24) is 4.31 Å². The first kappa shape index (κ1) is 16.9. The van der Waals surface area contributed by atoms with Crippen LogP contribution in [-0.4, -0.2) is 30.9 Å². The molecule has 1 aliphatic heterocycles. The molecular weight excluding hydrogens is 306 g/mol. The first-order chi connectivity index (χ1) is 9.88. The van der Waals surface area contributed by atoms with Gasteiger partial charge >= 0.3 is 0 Å². The van der Waals surface area contributed by atoms with Crippen LogP contribution in [0.2, 0.25) is 0 Å². The third kappa shape index (κ3) is 3.18. The molecule has 0 bridgehead atoms. The van der Waals surface area contributed by atoms with Crippen molar-refractivity contribution in [3.8, 4) is 0 Å². The lowest BCUT2D eigenvalue weighted by Gasteiger charge is -2.40. The van der Waals surface area contributed by atoms with Gasteiger partial charge in [-0.2, -0.15) is 4.31 Å². The number of thiophene rings is 1. The van der Waals surface area contributed by atoms with E-state index in [0.717, 1.165) is 36.1 Å². The second-order valence-electron chi connectivity index (χ2n) is 5.94. The van der Waals surface area contributed by atoms with Gasteiger partial charge in [0.05, 0.1) is 6.61 Å². The number of nitrogens with zero attached hydrogens (tertiary/aromatic N) is 1. The predicted octanol–water partition coefficient (Wildman–Crippen LogP) is 3.14. The van der Waals surface area contributed by atoms with Gasteiger partial charge in [-0.1, -0.05) is 26.7 Å². The topological polar surface area (TPSA) is 57.6 Å². The van der Waals surface area contributed by atoms with Crippen molar-refractivity contribution in [2.45, 2.75) is 57.3 Å². The second-order valence-corrected chi connectivity index (χ2v) is 9.24. The van der Waals surface area contributed by atoms with Gasteiger partial charge in [0.2, 0.25) is 0 Å². The van der Waals surface area contributed by atoms with E-state index < -0.39 is 10.0 Å². The quantitative estimate of drug-likeness (QED) is 0.902. The molecule has 1 aromatic heterocycles. The standard InChI is InChI=1S/C15H25NO3S2/c1-4-15(5-2)6-8-16(9-7-15)21(18,19)14-10-12(3)13(11-17)20-14/h10,17H,4-9,11H2,1-3H3. The van der Waals surface area contributed by atoms with Gasteiger partial charge in [-0.3, -0.25) is 0 Å². The molecule has 1 aliphatic rings. The molecule has 1 N–H and O–H groups in total. The van der Waals surface area contributed by atoms with Gasteiger partial charge in [0, 0.05) is 18.0 Å². The zero-order valence-electron chi connectivity index (χ0n) is 13.1. The summed E-state index contributed by atoms with van der Waals surface area (Å²) < 4.78 is 27.4. The van der Waals surface area contributed by atoms with Crippen LogP contribution >= 0.6 is 11.3 Å². The SMILES string of the molecule is CCC1(CC)CCN(S(=O)(=O)c2cc(C)c(CO)s2)CC1. The van der Waals surface area contributed by atoms with Crippen LogP contribution < -0.4 is 0 Å². The highest BCUT2D eigenvalue weighted by atomic mass is 32.2. The molecule has 1 fully saturated rings. The summed E-state index contributed by atoms with van der Waals surface area (Å²) in [6.45, 7) is 7.36. The minimum Gasteiger partial charge on any atom is -0.391 e. The molecule has 0 unspecified atom stereocenters. The summed E-state index contributed by atoms with van der Waals surface area (Å²) in [5.74, 6) is 0. The van der Waals surface area contributed by atoms with E-state index in [1.54, 1.807) is 10.4 Å². The van der Waals surface area contributed by atoms with E-state index in [2.05, 4.69) is 13.8 Å². The largest absolute Gasteiger partial charge is 0.391 e. The Labute approximate surface area is 131 Å². The highest BCUT2D eigenvalue weighted by molar-refractivity contribution is 7.91. The molecular formula is C15H25NO3S2. The highest BCUT2D eigenvalue weighted by Gasteiger charge is 2.36. The Hall–Kier alpha value is -0.430. The van der Waals surface area contributed by atoms with Gasteiger partial charge < -0.3 is 5.11 Å². The van der Waals surface area contributed by atoms with Gasteiger partial charge in [-0.25, -0.2) is 8.42 Å². The summed E-state index contributed by atoms with van der Waals surface area (Å²) in [5, 5.41) is 9.24. The first-order valence-electron chi connectivity index (χ1n) is 7.59. The van der Waals surface area contributed by atoms with Crippen LogP contribution in [0.5, 0.6) is 0 Å². The minimum atomic E-state index is -3.40. The lowest BCUT2D eigenvalue weighted by atomic mass is 9.75. The second kappa shape index (κ2) is 6.36. The maximum absolute atomic E-state index is 12.7. The molecule has 0 saturated carbocycles. The van der Waals surface area contributed by atoms with E-state index >= 15 is 0 Å². The van der Waals surface area contributed by atoms with Gasteiger partial charge in [-0.15, -0.1) is 11.3 Å². The third-order valence-electron chi connectivity index (χ3n) is 5.02. The summed E-state index contributed by atoms with van der Waals surface area (Å²) in [6, 6.07) is 1.69. The van der Waals surface area contributed by atoms with Crippen molar-refractivity contribution in [2.75, 3.05) is 13.1 Å². The summed E-state index contributed by atoms with van der Waals surface area (Å²) in [7, 11) is -3.40. The van der Waals surface area contributed by atoms with Crippen molar-refractivity contribution < 1.29 is 13.5 Å². The van der Waals surface area contributed by atoms with E-state index in [0.29, 0.717) is 22.7 Å². The van der Waals surface area contributed by atoms with E-state index in [4.69, 9.17) is 0 Å². The molecule has 0 spiro atoms. The summed E-state index contributed by atoms with van der Waals surface area (Å²) in [6.07, 6.45) is 4.11. The fourth-order valence-corrected chi connectivity index (χ4v) is 6.10. The Bertz CT molecular complexity index is 578. The fourth-order valence-electron chi connectivity index (χ4n) is 3.06. The number of piperidine rings is 1. The molecule has 120 valence electrons. The molecule has 1 saturated heterocycles. The van der Waals surface area contributed by atoms with Crippen LogP contribution in [0.3, 0.4) is 0 Å². The number of aliphatic hydroxyl groups excluding tert-OH is 1. The third-order valence-corrected chi connectivity index (χ3v) is 8.59. The van der Waals surface area contributed by atoms with Crippen molar-refractivity contribution >= 4 is 21.4 Å². The van der Waals surface area contributed by atoms with E-state index in [1.807, 2.05) is 6.92 Å². The van der Waals surface area contributed by atoms with Crippen LogP contribution in [0.15, 0.2) is 10.3 Å². The van der Waals surface area contributed by atoms with Crippen molar-refractivity contribution in [3.63, 3.8) is 0 Å². The van der Waals surface area contributed by atoms with Crippen molar-refractivity contribution in [3.05, 3.63) is 16.5 Å². The number of aliphatic hydroxyl groups is 1. The molecule has 0 aromatic carbocycles. The predicted molar refractivity (Wildman–Crippen MR) is 86.0 cm³/mol. The van der Waals surface area contributed by atoms with Crippen molar-refractivity contribution in [1.29, 1.82) is 0 Å². The van der Waals surface area contributed by atoms with Gasteiger partial charge in [0.15, 0.2) is 0 Å². The smallest absolute Gasteiger partial charge is 0.252 e. The Balaban J connectivity index is 2.18. The summed E-state index contributed by atoms with van der Waals surface area (Å²) >= 11 is 1.19. The number of hydrogen-bond donors (Lipinski definition) is 1. The fraction of sp³-hybridized carbons (Fsp3) is 0.733. The summed E-state index contributed by atoms with van der Waals surface area (Å²) in [5.41, 5.74) is 1.17. The van der Waals surface area contributed by atoms with Crippen LogP contribution in [0.1, 0.15) is 50.0 Å². The first-order valence-corrected chi connectivity index (χ1v) is 9.84.